The molecule has 2 nitrogen and oxygen atoms in total. The number of hydrogen-bond acceptors (Lipinski definition) is 2. The van der Waals surface area contributed by atoms with Crippen LogP contribution in [-0.2, 0) is 4.74 Å². The number of nitrogens with zero attached hydrogens (tertiary/aromatic N) is 1. The molecule has 10 heavy (non-hydrogen) atoms. The highest BCUT2D eigenvalue weighted by Gasteiger charge is 2.07. The summed E-state index contributed by atoms with van der Waals surface area (Å²) in [7, 11) is 0. The molecule has 0 N–H and O–H groups in total. The van der Waals surface area contributed by atoms with Crippen LogP contribution in [0, 0.1) is 0 Å². The van der Waals surface area contributed by atoms with Crippen molar-refractivity contribution in [3.8, 4) is 0 Å². The summed E-state index contributed by atoms with van der Waals surface area (Å²) in [6, 6.07) is 0. The first-order chi connectivity index (χ1) is 4.76. The lowest BCUT2D eigenvalue weighted by molar-refractivity contribution is -0.0369. The summed E-state index contributed by atoms with van der Waals surface area (Å²) in [5.41, 5.74) is 0. The summed E-state index contributed by atoms with van der Waals surface area (Å²) in [6.07, 6.45) is 0.278. The van der Waals surface area contributed by atoms with Crippen LogP contribution in [0.1, 0.15) is 27.7 Å². The average molecular weight is 145 g/mol. The number of rotatable bonds is 5. The fourth-order valence-corrected chi connectivity index (χ4v) is 1.08. The van der Waals surface area contributed by atoms with E-state index in [0.717, 1.165) is 19.7 Å². The predicted octanol–water partition coefficient (Wildman–Crippen LogP) is 1.71. The van der Waals surface area contributed by atoms with Crippen molar-refractivity contribution in [2.75, 3.05) is 19.7 Å². The monoisotopic (exact) mass is 145 g/mol. The van der Waals surface area contributed by atoms with E-state index in [-0.39, 0.29) is 6.23 Å². The molecule has 62 valence electrons. The highest BCUT2D eigenvalue weighted by molar-refractivity contribution is 4.52. The molecule has 1 unspecified atom stereocenters. The largest absolute Gasteiger partial charge is 0.364 e. The Morgan fingerprint density at radius 1 is 1.20 bits per heavy atom. The second-order valence-corrected chi connectivity index (χ2v) is 2.28. The van der Waals surface area contributed by atoms with Gasteiger partial charge in [0.25, 0.3) is 0 Å². The molecular formula is C8H19NO. The summed E-state index contributed by atoms with van der Waals surface area (Å²) in [5, 5.41) is 0. The first-order valence-electron chi connectivity index (χ1n) is 4.11. The van der Waals surface area contributed by atoms with Gasteiger partial charge in [0.05, 0.1) is 0 Å². The quantitative estimate of drug-likeness (QED) is 0.546. The zero-order valence-electron chi connectivity index (χ0n) is 7.55. The van der Waals surface area contributed by atoms with Gasteiger partial charge in [-0.05, 0) is 26.9 Å². The SMILES string of the molecule is CCOC(C)N(CC)CC. The molecule has 0 fully saturated rings. The van der Waals surface area contributed by atoms with Crippen molar-refractivity contribution >= 4 is 0 Å². The second kappa shape index (κ2) is 5.69. The zero-order valence-corrected chi connectivity index (χ0v) is 7.55. The van der Waals surface area contributed by atoms with E-state index < -0.39 is 0 Å². The van der Waals surface area contributed by atoms with Gasteiger partial charge in [0.1, 0.15) is 6.23 Å². The Morgan fingerprint density at radius 3 is 2.00 bits per heavy atom. The van der Waals surface area contributed by atoms with Crippen LogP contribution >= 0.6 is 0 Å². The molecule has 1 atom stereocenters. The van der Waals surface area contributed by atoms with Crippen LogP contribution in [0.4, 0.5) is 0 Å². The van der Waals surface area contributed by atoms with Crippen LogP contribution in [0.3, 0.4) is 0 Å². The van der Waals surface area contributed by atoms with E-state index in [1.165, 1.54) is 0 Å². The summed E-state index contributed by atoms with van der Waals surface area (Å²) < 4.78 is 5.41. The van der Waals surface area contributed by atoms with Crippen molar-refractivity contribution in [3.05, 3.63) is 0 Å². The number of hydrogen-bond donors (Lipinski definition) is 0. The van der Waals surface area contributed by atoms with Crippen molar-refractivity contribution in [1.29, 1.82) is 0 Å². The fourth-order valence-electron chi connectivity index (χ4n) is 1.08. The lowest BCUT2D eigenvalue weighted by Crippen LogP contribution is -2.34. The topological polar surface area (TPSA) is 12.5 Å². The van der Waals surface area contributed by atoms with Gasteiger partial charge in [-0.3, -0.25) is 4.90 Å². The molecule has 0 spiro atoms. The molecule has 0 bridgehead atoms. The molecule has 0 heterocycles. The Bertz CT molecular complexity index is 71.7. The van der Waals surface area contributed by atoms with E-state index in [2.05, 4.69) is 25.7 Å². The van der Waals surface area contributed by atoms with Crippen molar-refractivity contribution in [2.45, 2.75) is 33.9 Å². The highest BCUT2D eigenvalue weighted by Crippen LogP contribution is 1.98. The predicted molar refractivity (Wildman–Crippen MR) is 44.0 cm³/mol. The minimum absolute atomic E-state index is 0.278. The van der Waals surface area contributed by atoms with E-state index in [4.69, 9.17) is 4.74 Å². The van der Waals surface area contributed by atoms with Gasteiger partial charge in [0, 0.05) is 6.61 Å². The maximum atomic E-state index is 5.41. The van der Waals surface area contributed by atoms with Crippen molar-refractivity contribution in [1.82, 2.24) is 4.90 Å². The van der Waals surface area contributed by atoms with Crippen LogP contribution in [0.5, 0.6) is 0 Å². The van der Waals surface area contributed by atoms with Crippen molar-refractivity contribution in [2.24, 2.45) is 0 Å². The van der Waals surface area contributed by atoms with Crippen LogP contribution < -0.4 is 0 Å². The Hall–Kier alpha value is -0.0800. The summed E-state index contributed by atoms with van der Waals surface area (Å²) in [5.74, 6) is 0. The first-order valence-corrected chi connectivity index (χ1v) is 4.11. The zero-order chi connectivity index (χ0) is 7.98. The summed E-state index contributed by atoms with van der Waals surface area (Å²) >= 11 is 0. The van der Waals surface area contributed by atoms with Gasteiger partial charge in [-0.25, -0.2) is 0 Å². The Balaban J connectivity index is 3.53. The molecule has 0 aromatic carbocycles. The van der Waals surface area contributed by atoms with Crippen LogP contribution in [-0.4, -0.2) is 30.8 Å². The first kappa shape index (κ1) is 9.92. The van der Waals surface area contributed by atoms with Crippen LogP contribution in [0.2, 0.25) is 0 Å². The van der Waals surface area contributed by atoms with Gasteiger partial charge in [-0.2, -0.15) is 0 Å². The summed E-state index contributed by atoms with van der Waals surface area (Å²) in [6.45, 7) is 11.4. The van der Waals surface area contributed by atoms with E-state index >= 15 is 0 Å². The number of ether oxygens (including phenoxy) is 1. The van der Waals surface area contributed by atoms with Crippen LogP contribution in [0.15, 0.2) is 0 Å². The third-order valence-electron chi connectivity index (χ3n) is 1.73. The van der Waals surface area contributed by atoms with Gasteiger partial charge < -0.3 is 4.74 Å². The molecule has 0 amide bonds. The molecule has 0 aromatic heterocycles. The molecule has 2 heteroatoms. The Kier molecular flexibility index (Phi) is 5.64. The van der Waals surface area contributed by atoms with Gasteiger partial charge >= 0.3 is 0 Å². The van der Waals surface area contributed by atoms with Gasteiger partial charge in [0.2, 0.25) is 0 Å². The molecule has 0 saturated heterocycles. The highest BCUT2D eigenvalue weighted by atomic mass is 16.5. The minimum atomic E-state index is 0.278. The standard InChI is InChI=1S/C8H19NO/c1-5-9(6-2)8(4)10-7-3/h8H,5-7H2,1-4H3. The third-order valence-corrected chi connectivity index (χ3v) is 1.73. The van der Waals surface area contributed by atoms with Crippen molar-refractivity contribution in [3.63, 3.8) is 0 Å². The Labute approximate surface area is 64.2 Å². The van der Waals surface area contributed by atoms with E-state index in [1.54, 1.807) is 0 Å². The minimum Gasteiger partial charge on any atom is -0.364 e. The maximum Gasteiger partial charge on any atom is 0.107 e. The smallest absolute Gasteiger partial charge is 0.107 e. The second-order valence-electron chi connectivity index (χ2n) is 2.28. The van der Waals surface area contributed by atoms with E-state index in [9.17, 15) is 0 Å². The van der Waals surface area contributed by atoms with Gasteiger partial charge in [0.15, 0.2) is 0 Å². The molecule has 0 rings (SSSR count). The fraction of sp³-hybridized carbons (Fsp3) is 1.00. The van der Waals surface area contributed by atoms with E-state index in [1.807, 2.05) is 6.92 Å². The molecule has 0 radical (unpaired) electrons. The molecule has 0 aliphatic carbocycles. The Morgan fingerprint density at radius 2 is 1.70 bits per heavy atom. The van der Waals surface area contributed by atoms with Crippen LogP contribution in [0.25, 0.3) is 0 Å². The molecule has 0 aliphatic rings. The third kappa shape index (κ3) is 3.18. The van der Waals surface area contributed by atoms with Gasteiger partial charge in [-0.15, -0.1) is 0 Å². The van der Waals surface area contributed by atoms with Gasteiger partial charge in [-0.1, -0.05) is 13.8 Å². The normalized spacial score (nSPS) is 14.1. The van der Waals surface area contributed by atoms with E-state index in [0.29, 0.717) is 0 Å². The lowest BCUT2D eigenvalue weighted by atomic mass is 10.4. The molecular weight excluding hydrogens is 126 g/mol. The molecule has 0 aliphatic heterocycles. The van der Waals surface area contributed by atoms with Crippen molar-refractivity contribution < 1.29 is 4.74 Å². The summed E-state index contributed by atoms with van der Waals surface area (Å²) in [4.78, 5) is 2.28. The molecule has 0 saturated carbocycles. The maximum absolute atomic E-state index is 5.41. The average Bonchev–Trinajstić information content (AvgIpc) is 1.91. The molecule has 0 aromatic rings. The lowest BCUT2D eigenvalue weighted by Gasteiger charge is -2.25.